The number of carbonyl (C=O) groups is 1. The molecule has 0 saturated carbocycles. The van der Waals surface area contributed by atoms with Crippen LogP contribution in [0.5, 0.6) is 0 Å². The van der Waals surface area contributed by atoms with Gasteiger partial charge in [0, 0.05) is 13.6 Å². The number of rotatable bonds is 10. The van der Waals surface area contributed by atoms with Crippen molar-refractivity contribution in [2.45, 2.75) is 25.0 Å². The van der Waals surface area contributed by atoms with Crippen molar-refractivity contribution in [3.05, 3.63) is 60.7 Å². The molecule has 0 bridgehead atoms. The van der Waals surface area contributed by atoms with Gasteiger partial charge >= 0.3 is 0 Å². The maximum Gasteiger partial charge on any atom is 0.230 e. The van der Waals surface area contributed by atoms with Crippen LogP contribution in [0.15, 0.2) is 64.5 Å². The van der Waals surface area contributed by atoms with Gasteiger partial charge in [0.1, 0.15) is 5.76 Å². The van der Waals surface area contributed by atoms with Crippen molar-refractivity contribution in [1.82, 2.24) is 19.8 Å². The van der Waals surface area contributed by atoms with Crippen molar-refractivity contribution >= 4 is 17.7 Å². The number of nitrogens with zero attached hydrogens (tertiary/aromatic N) is 3. The Labute approximate surface area is 176 Å². The maximum atomic E-state index is 12.5. The number of carbonyl (C=O) groups excluding carboxylic acids is 1. The zero-order valence-corrected chi connectivity index (χ0v) is 18.0. The summed E-state index contributed by atoms with van der Waals surface area (Å²) < 4.78 is 7.61. The van der Waals surface area contributed by atoms with E-state index in [1.165, 1.54) is 11.8 Å². The van der Waals surface area contributed by atoms with Gasteiger partial charge in [-0.2, -0.15) is 0 Å². The zero-order chi connectivity index (χ0) is 20.6. The Balaban J connectivity index is 1.56. The van der Waals surface area contributed by atoms with Crippen molar-refractivity contribution in [2.75, 3.05) is 25.4 Å². The van der Waals surface area contributed by atoms with Crippen molar-refractivity contribution in [3.8, 4) is 11.3 Å². The second-order valence-electron chi connectivity index (χ2n) is 6.70. The van der Waals surface area contributed by atoms with E-state index in [0.717, 1.165) is 35.3 Å². The number of aromatic nitrogens is 2. The van der Waals surface area contributed by atoms with Crippen LogP contribution in [-0.4, -0.2) is 45.7 Å². The molecule has 1 N–H and O–H groups in total. The minimum Gasteiger partial charge on any atom is -0.468 e. The molecule has 2 heterocycles. The second kappa shape index (κ2) is 10.3. The van der Waals surface area contributed by atoms with E-state index in [2.05, 4.69) is 41.2 Å². The Kier molecular flexibility index (Phi) is 7.55. The van der Waals surface area contributed by atoms with Crippen LogP contribution in [0.25, 0.3) is 11.3 Å². The normalized spacial score (nSPS) is 12.3. The second-order valence-corrected chi connectivity index (χ2v) is 7.64. The molecular weight excluding hydrogens is 384 g/mol. The average Bonchev–Trinajstić information content (AvgIpc) is 3.40. The van der Waals surface area contributed by atoms with E-state index in [1.807, 2.05) is 48.1 Å². The first-order valence-electron chi connectivity index (χ1n) is 9.88. The highest BCUT2D eigenvalue weighted by Gasteiger charge is 2.21. The highest BCUT2D eigenvalue weighted by molar-refractivity contribution is 7.99. The summed E-state index contributed by atoms with van der Waals surface area (Å²) in [6.45, 7) is 6.53. The molecule has 0 aliphatic carbocycles. The first-order valence-corrected chi connectivity index (χ1v) is 10.9. The number of amides is 1. The molecule has 1 amide bonds. The molecule has 29 heavy (non-hydrogen) atoms. The number of benzene rings is 1. The molecule has 0 radical (unpaired) electrons. The number of furan rings is 1. The van der Waals surface area contributed by atoms with E-state index in [4.69, 9.17) is 4.42 Å². The molecule has 0 saturated heterocycles. The van der Waals surface area contributed by atoms with E-state index < -0.39 is 0 Å². The van der Waals surface area contributed by atoms with Crippen LogP contribution >= 0.6 is 11.8 Å². The van der Waals surface area contributed by atoms with Gasteiger partial charge in [-0.05, 0) is 30.8 Å². The van der Waals surface area contributed by atoms with Gasteiger partial charge in [0.25, 0.3) is 0 Å². The first-order chi connectivity index (χ1) is 14.1. The summed E-state index contributed by atoms with van der Waals surface area (Å²) in [5.74, 6) is 1.18. The largest absolute Gasteiger partial charge is 0.468 e. The van der Waals surface area contributed by atoms with Crippen LogP contribution in [0.4, 0.5) is 0 Å². The summed E-state index contributed by atoms with van der Waals surface area (Å²) in [6.07, 6.45) is 3.53. The number of nitrogens with one attached hydrogen (secondary N) is 1. The minimum atomic E-state index is -0.0111. The average molecular weight is 413 g/mol. The molecule has 7 heteroatoms. The van der Waals surface area contributed by atoms with Crippen LogP contribution in [0, 0.1) is 0 Å². The Morgan fingerprint density at radius 3 is 2.62 bits per heavy atom. The van der Waals surface area contributed by atoms with Crippen LogP contribution in [0.1, 0.15) is 25.6 Å². The highest BCUT2D eigenvalue weighted by atomic mass is 32.2. The smallest absolute Gasteiger partial charge is 0.230 e. The standard InChI is InChI=1S/C22H28N4O2S/c1-4-26(5-2)19(20-12-9-13-28-20)15-23-21(27)16-29-22-24-14-18(25(22)3)17-10-7-6-8-11-17/h6-14,19H,4-5,15-16H2,1-3H3,(H,23,27)/t19-/m0/s1. The van der Waals surface area contributed by atoms with Crippen molar-refractivity contribution in [2.24, 2.45) is 7.05 Å². The van der Waals surface area contributed by atoms with E-state index >= 15 is 0 Å². The quantitative estimate of drug-likeness (QED) is 0.511. The summed E-state index contributed by atoms with van der Waals surface area (Å²) in [5.41, 5.74) is 2.15. The van der Waals surface area contributed by atoms with Crippen LogP contribution in [0.2, 0.25) is 0 Å². The Morgan fingerprint density at radius 1 is 1.21 bits per heavy atom. The minimum absolute atomic E-state index is 0.0111. The van der Waals surface area contributed by atoms with Gasteiger partial charge in [-0.1, -0.05) is 55.9 Å². The maximum absolute atomic E-state index is 12.5. The van der Waals surface area contributed by atoms with Gasteiger partial charge in [-0.3, -0.25) is 9.69 Å². The molecule has 0 unspecified atom stereocenters. The Morgan fingerprint density at radius 2 is 1.97 bits per heavy atom. The van der Waals surface area contributed by atoms with E-state index in [9.17, 15) is 4.79 Å². The summed E-state index contributed by atoms with van der Waals surface area (Å²) in [7, 11) is 1.98. The van der Waals surface area contributed by atoms with Crippen LogP contribution in [-0.2, 0) is 11.8 Å². The van der Waals surface area contributed by atoms with E-state index in [-0.39, 0.29) is 11.9 Å². The molecule has 0 aliphatic rings. The number of imidazole rings is 1. The summed E-state index contributed by atoms with van der Waals surface area (Å²) >= 11 is 1.44. The summed E-state index contributed by atoms with van der Waals surface area (Å²) in [4.78, 5) is 19.2. The predicted octanol–water partition coefficient (Wildman–Crippen LogP) is 3.97. The van der Waals surface area contributed by atoms with Crippen LogP contribution in [0.3, 0.4) is 0 Å². The molecule has 154 valence electrons. The molecule has 2 aromatic heterocycles. The monoisotopic (exact) mass is 412 g/mol. The summed E-state index contributed by atoms with van der Waals surface area (Å²) in [6, 6.07) is 14.0. The Bertz CT molecular complexity index is 889. The molecule has 6 nitrogen and oxygen atoms in total. The zero-order valence-electron chi connectivity index (χ0n) is 17.2. The molecule has 1 aromatic carbocycles. The lowest BCUT2D eigenvalue weighted by molar-refractivity contribution is -0.118. The third-order valence-corrected chi connectivity index (χ3v) is 6.01. The third-order valence-electron chi connectivity index (χ3n) is 4.96. The van der Waals surface area contributed by atoms with Gasteiger partial charge in [-0.25, -0.2) is 4.98 Å². The molecular formula is C22H28N4O2S. The number of hydrogen-bond donors (Lipinski definition) is 1. The fraction of sp³-hybridized carbons (Fsp3) is 0.364. The molecule has 0 aliphatic heterocycles. The van der Waals surface area contributed by atoms with Crippen molar-refractivity contribution < 1.29 is 9.21 Å². The number of thioether (sulfide) groups is 1. The van der Waals surface area contributed by atoms with Gasteiger partial charge in [-0.15, -0.1) is 0 Å². The lowest BCUT2D eigenvalue weighted by Crippen LogP contribution is -2.38. The first kappa shape index (κ1) is 21.2. The molecule has 0 spiro atoms. The number of hydrogen-bond acceptors (Lipinski definition) is 5. The molecule has 3 aromatic rings. The lowest BCUT2D eigenvalue weighted by Gasteiger charge is -2.28. The van der Waals surface area contributed by atoms with E-state index in [1.54, 1.807) is 6.26 Å². The van der Waals surface area contributed by atoms with Gasteiger partial charge in [0.2, 0.25) is 5.91 Å². The molecule has 3 rings (SSSR count). The van der Waals surface area contributed by atoms with Gasteiger partial charge in [0.15, 0.2) is 5.16 Å². The van der Waals surface area contributed by atoms with Gasteiger partial charge in [0.05, 0.1) is 29.9 Å². The third kappa shape index (κ3) is 5.31. The number of likely N-dealkylation sites (N-methyl/N-ethyl adjacent to an activating group) is 1. The predicted molar refractivity (Wildman–Crippen MR) is 117 cm³/mol. The molecule has 0 fully saturated rings. The fourth-order valence-corrected chi connectivity index (χ4v) is 4.13. The topological polar surface area (TPSA) is 63.3 Å². The summed E-state index contributed by atoms with van der Waals surface area (Å²) in [5, 5.41) is 3.87. The molecule has 1 atom stereocenters. The van der Waals surface area contributed by atoms with Gasteiger partial charge < -0.3 is 14.3 Å². The highest BCUT2D eigenvalue weighted by Crippen LogP contribution is 2.25. The van der Waals surface area contributed by atoms with Crippen molar-refractivity contribution in [3.63, 3.8) is 0 Å². The fourth-order valence-electron chi connectivity index (χ4n) is 3.35. The SMILES string of the molecule is CCN(CC)[C@@H](CNC(=O)CSc1ncc(-c2ccccc2)n1C)c1ccco1. The Hall–Kier alpha value is -2.51. The van der Waals surface area contributed by atoms with Crippen molar-refractivity contribution in [1.29, 1.82) is 0 Å². The van der Waals surface area contributed by atoms with Crippen LogP contribution < -0.4 is 5.32 Å². The lowest BCUT2D eigenvalue weighted by atomic mass is 10.2. The van der Waals surface area contributed by atoms with E-state index in [0.29, 0.717) is 12.3 Å².